The number of benzene rings is 1. The Morgan fingerprint density at radius 1 is 1.36 bits per heavy atom. The van der Waals surface area contributed by atoms with E-state index >= 15 is 0 Å². The van der Waals surface area contributed by atoms with Crippen LogP contribution in [0.5, 0.6) is 0 Å². The Morgan fingerprint density at radius 2 is 2.18 bits per heavy atom. The lowest BCUT2D eigenvalue weighted by Crippen LogP contribution is -2.14. The molecule has 0 fully saturated rings. The molecular weight excluding hydrogens is 316 g/mol. The Labute approximate surface area is 132 Å². The van der Waals surface area contributed by atoms with E-state index in [4.69, 9.17) is 0 Å². The Bertz CT molecular complexity index is 1150. The van der Waals surface area contributed by atoms with Crippen LogP contribution in [0.15, 0.2) is 40.4 Å². The van der Waals surface area contributed by atoms with Crippen molar-refractivity contribution < 1.29 is 0 Å². The zero-order valence-corrected chi connectivity index (χ0v) is 13.0. The average Bonchev–Trinajstić information content (AvgIpc) is 2.94. The second-order valence-corrected chi connectivity index (χ2v) is 6.43. The highest BCUT2D eigenvalue weighted by Gasteiger charge is 2.17. The first kappa shape index (κ1) is 13.2. The van der Waals surface area contributed by atoms with Gasteiger partial charge in [-0.25, -0.2) is 9.97 Å². The molecule has 0 radical (unpaired) electrons. The predicted octanol–water partition coefficient (Wildman–Crippen LogP) is 3.05. The van der Waals surface area contributed by atoms with E-state index in [2.05, 4.69) is 16.0 Å². The van der Waals surface area contributed by atoms with Gasteiger partial charge in [0.2, 0.25) is 0 Å². The summed E-state index contributed by atoms with van der Waals surface area (Å²) in [5.41, 5.74) is 1.47. The van der Waals surface area contributed by atoms with Crippen LogP contribution < -0.4 is 5.56 Å². The molecule has 0 atom stereocenters. The Balaban J connectivity index is 2.35. The maximum Gasteiger partial charge on any atom is 0.267 e. The highest BCUT2D eigenvalue weighted by Crippen LogP contribution is 2.30. The van der Waals surface area contributed by atoms with Gasteiger partial charge in [0, 0.05) is 6.20 Å². The molecule has 0 aliphatic carbocycles. The lowest BCUT2D eigenvalue weighted by Gasteiger charge is -2.03. The standard InChI is InChI=1S/C15H8N4OS2/c1-21-15-17-7-9-12(18-15)8(6-16)14-19(13(9)20)10-4-2-3-5-11(10)22-14/h2-5,7H,1H3. The van der Waals surface area contributed by atoms with Crippen molar-refractivity contribution in [1.82, 2.24) is 14.4 Å². The van der Waals surface area contributed by atoms with Gasteiger partial charge in [-0.05, 0) is 18.4 Å². The van der Waals surface area contributed by atoms with Gasteiger partial charge in [-0.3, -0.25) is 9.20 Å². The minimum absolute atomic E-state index is 0.186. The van der Waals surface area contributed by atoms with Crippen molar-refractivity contribution in [3.8, 4) is 6.07 Å². The molecule has 0 bridgehead atoms. The summed E-state index contributed by atoms with van der Waals surface area (Å²) < 4.78 is 2.55. The van der Waals surface area contributed by atoms with Crippen LogP contribution in [0, 0.1) is 11.3 Å². The minimum atomic E-state index is -0.186. The van der Waals surface area contributed by atoms with Gasteiger partial charge in [-0.1, -0.05) is 23.9 Å². The molecule has 0 N–H and O–H groups in total. The number of hydrogen-bond donors (Lipinski definition) is 0. The van der Waals surface area contributed by atoms with Gasteiger partial charge >= 0.3 is 0 Å². The fraction of sp³-hybridized carbons (Fsp3) is 0.0667. The van der Waals surface area contributed by atoms with E-state index < -0.39 is 0 Å². The van der Waals surface area contributed by atoms with Gasteiger partial charge in [0.1, 0.15) is 22.0 Å². The van der Waals surface area contributed by atoms with E-state index in [-0.39, 0.29) is 5.56 Å². The van der Waals surface area contributed by atoms with Crippen LogP contribution in [-0.2, 0) is 0 Å². The van der Waals surface area contributed by atoms with Crippen molar-refractivity contribution in [3.63, 3.8) is 0 Å². The van der Waals surface area contributed by atoms with E-state index in [9.17, 15) is 10.1 Å². The van der Waals surface area contributed by atoms with Gasteiger partial charge in [-0.15, -0.1) is 11.3 Å². The molecule has 0 aliphatic heterocycles. The van der Waals surface area contributed by atoms with Gasteiger partial charge < -0.3 is 0 Å². The molecule has 4 aromatic rings. The van der Waals surface area contributed by atoms with Crippen LogP contribution in [-0.4, -0.2) is 20.6 Å². The number of rotatable bonds is 1. The summed E-state index contributed by atoms with van der Waals surface area (Å²) in [6.07, 6.45) is 3.37. The fourth-order valence-electron chi connectivity index (χ4n) is 2.49. The summed E-state index contributed by atoms with van der Waals surface area (Å²) in [6.45, 7) is 0. The molecular formula is C15H8N4OS2. The molecule has 22 heavy (non-hydrogen) atoms. The highest BCUT2D eigenvalue weighted by molar-refractivity contribution is 7.98. The predicted molar refractivity (Wildman–Crippen MR) is 88.6 cm³/mol. The molecule has 0 spiro atoms. The molecule has 7 heteroatoms. The number of para-hydroxylation sites is 1. The maximum absolute atomic E-state index is 12.8. The van der Waals surface area contributed by atoms with E-state index in [1.54, 1.807) is 4.40 Å². The van der Waals surface area contributed by atoms with E-state index in [1.165, 1.54) is 29.3 Å². The molecule has 106 valence electrons. The largest absolute Gasteiger partial charge is 0.268 e. The lowest BCUT2D eigenvalue weighted by atomic mass is 10.2. The lowest BCUT2D eigenvalue weighted by molar-refractivity contribution is 0.999. The topological polar surface area (TPSA) is 71.1 Å². The molecule has 0 saturated heterocycles. The number of thioether (sulfide) groups is 1. The quantitative estimate of drug-likeness (QED) is 0.397. The minimum Gasteiger partial charge on any atom is -0.268 e. The average molecular weight is 324 g/mol. The number of aromatic nitrogens is 3. The summed E-state index contributed by atoms with van der Waals surface area (Å²) in [4.78, 5) is 22.0. The van der Waals surface area contributed by atoms with Crippen molar-refractivity contribution in [2.75, 3.05) is 6.26 Å². The van der Waals surface area contributed by atoms with E-state index in [0.717, 1.165) is 10.2 Å². The number of hydrogen-bond acceptors (Lipinski definition) is 6. The summed E-state index contributed by atoms with van der Waals surface area (Å²) in [5, 5.41) is 10.5. The molecule has 3 heterocycles. The van der Waals surface area contributed by atoms with Gasteiger partial charge in [0.15, 0.2) is 5.16 Å². The third-order valence-electron chi connectivity index (χ3n) is 3.46. The first-order chi connectivity index (χ1) is 10.7. The van der Waals surface area contributed by atoms with E-state index in [1.807, 2.05) is 30.5 Å². The fourth-order valence-corrected chi connectivity index (χ4v) is 3.96. The summed E-state index contributed by atoms with van der Waals surface area (Å²) in [5.74, 6) is 0. The van der Waals surface area contributed by atoms with Crippen LogP contribution in [0.2, 0.25) is 0 Å². The van der Waals surface area contributed by atoms with Crippen molar-refractivity contribution in [2.24, 2.45) is 0 Å². The van der Waals surface area contributed by atoms with Gasteiger partial charge in [-0.2, -0.15) is 5.26 Å². The zero-order valence-electron chi connectivity index (χ0n) is 11.4. The monoisotopic (exact) mass is 324 g/mol. The number of nitrogens with zero attached hydrogens (tertiary/aromatic N) is 4. The number of pyridine rings is 1. The summed E-state index contributed by atoms with van der Waals surface area (Å²) in [6, 6.07) is 9.82. The van der Waals surface area contributed by atoms with E-state index in [0.29, 0.717) is 26.5 Å². The molecule has 5 nitrogen and oxygen atoms in total. The molecule has 4 rings (SSSR count). The van der Waals surface area contributed by atoms with Crippen molar-refractivity contribution >= 4 is 49.0 Å². The summed E-state index contributed by atoms with van der Waals surface area (Å²) in [7, 11) is 0. The SMILES string of the molecule is CSc1ncc2c(=O)n3c(sc4ccccc43)c(C#N)c2n1. The Morgan fingerprint density at radius 3 is 2.95 bits per heavy atom. The zero-order chi connectivity index (χ0) is 15.3. The second-order valence-electron chi connectivity index (χ2n) is 4.62. The molecule has 3 aromatic heterocycles. The smallest absolute Gasteiger partial charge is 0.267 e. The molecule has 1 aromatic carbocycles. The normalized spacial score (nSPS) is 11.3. The molecule has 0 saturated carbocycles. The van der Waals surface area contributed by atoms with Crippen LogP contribution in [0.3, 0.4) is 0 Å². The highest BCUT2D eigenvalue weighted by atomic mass is 32.2. The van der Waals surface area contributed by atoms with Crippen molar-refractivity contribution in [2.45, 2.75) is 5.16 Å². The number of fused-ring (bicyclic) bond motifs is 4. The molecule has 0 unspecified atom stereocenters. The number of nitriles is 1. The Hall–Kier alpha value is -2.43. The van der Waals surface area contributed by atoms with Crippen molar-refractivity contribution in [3.05, 3.63) is 46.4 Å². The summed E-state index contributed by atoms with van der Waals surface area (Å²) >= 11 is 2.81. The third kappa shape index (κ3) is 1.68. The maximum atomic E-state index is 12.8. The second kappa shape index (κ2) is 4.80. The van der Waals surface area contributed by atoms with Crippen LogP contribution in [0.4, 0.5) is 0 Å². The molecule has 0 aliphatic rings. The number of thiazole rings is 1. The first-order valence-electron chi connectivity index (χ1n) is 6.41. The van der Waals surface area contributed by atoms with Crippen molar-refractivity contribution in [1.29, 1.82) is 5.26 Å². The third-order valence-corrected chi connectivity index (χ3v) is 5.17. The van der Waals surface area contributed by atoms with Gasteiger partial charge in [0.25, 0.3) is 5.56 Å². The van der Waals surface area contributed by atoms with Crippen LogP contribution >= 0.6 is 23.1 Å². The van der Waals surface area contributed by atoms with Crippen LogP contribution in [0.25, 0.3) is 25.9 Å². The van der Waals surface area contributed by atoms with Gasteiger partial charge in [0.05, 0.1) is 15.6 Å². The van der Waals surface area contributed by atoms with Crippen LogP contribution in [0.1, 0.15) is 5.56 Å². The first-order valence-corrected chi connectivity index (χ1v) is 8.46. The molecule has 0 amide bonds. The Kier molecular flexibility index (Phi) is 2.89.